The molecule has 0 unspecified atom stereocenters. The van der Waals surface area contributed by atoms with Crippen LogP contribution in [-0.4, -0.2) is 50.2 Å². The standard InChI is InChI=1S/C20H26N2O4/c1-22(18(11-5-6-11)12-7-8-12)20(23)14-9-13-15(24-2)10-16(25-3)19(26-4)17(13)21-14/h9-12,18,21H,5-8H2,1-4H3. The van der Waals surface area contributed by atoms with E-state index in [1.807, 2.05) is 18.0 Å². The van der Waals surface area contributed by atoms with E-state index in [4.69, 9.17) is 14.2 Å². The third-order valence-electron chi connectivity index (χ3n) is 5.65. The topological polar surface area (TPSA) is 63.8 Å². The van der Waals surface area contributed by atoms with Gasteiger partial charge in [0.25, 0.3) is 5.91 Å². The van der Waals surface area contributed by atoms with Crippen LogP contribution in [0.3, 0.4) is 0 Å². The van der Waals surface area contributed by atoms with Gasteiger partial charge in [-0.3, -0.25) is 4.79 Å². The predicted molar refractivity (Wildman–Crippen MR) is 99.3 cm³/mol. The van der Waals surface area contributed by atoms with E-state index in [-0.39, 0.29) is 5.91 Å². The Morgan fingerprint density at radius 2 is 1.65 bits per heavy atom. The first kappa shape index (κ1) is 17.1. The van der Waals surface area contributed by atoms with Crippen LogP contribution in [0.1, 0.15) is 36.2 Å². The number of amides is 1. The Bertz CT molecular complexity index is 824. The molecule has 1 amide bonds. The van der Waals surface area contributed by atoms with Gasteiger partial charge in [0.05, 0.1) is 26.8 Å². The van der Waals surface area contributed by atoms with E-state index in [0.29, 0.717) is 40.8 Å². The molecular formula is C20H26N2O4. The number of nitrogens with one attached hydrogen (secondary N) is 1. The summed E-state index contributed by atoms with van der Waals surface area (Å²) in [5.41, 5.74) is 1.27. The van der Waals surface area contributed by atoms with E-state index in [9.17, 15) is 4.79 Å². The molecule has 2 saturated carbocycles. The van der Waals surface area contributed by atoms with Crippen molar-refractivity contribution in [1.82, 2.24) is 9.88 Å². The van der Waals surface area contributed by atoms with Crippen molar-refractivity contribution in [3.8, 4) is 17.2 Å². The zero-order valence-corrected chi connectivity index (χ0v) is 15.8. The van der Waals surface area contributed by atoms with Gasteiger partial charge in [-0.25, -0.2) is 0 Å². The van der Waals surface area contributed by atoms with E-state index < -0.39 is 0 Å². The molecule has 0 bridgehead atoms. The fraction of sp³-hybridized carbons (Fsp3) is 0.550. The highest BCUT2D eigenvalue weighted by Gasteiger charge is 2.45. The fourth-order valence-electron chi connectivity index (χ4n) is 4.07. The lowest BCUT2D eigenvalue weighted by atomic mass is 10.1. The van der Waals surface area contributed by atoms with Crippen LogP contribution >= 0.6 is 0 Å². The number of nitrogens with zero attached hydrogens (tertiary/aromatic N) is 1. The Morgan fingerprint density at radius 3 is 2.15 bits per heavy atom. The molecule has 2 aromatic rings. The number of carbonyl (C=O) groups excluding carboxylic acids is 1. The largest absolute Gasteiger partial charge is 0.496 e. The molecule has 1 aromatic heterocycles. The molecule has 6 nitrogen and oxygen atoms in total. The summed E-state index contributed by atoms with van der Waals surface area (Å²) in [6.07, 6.45) is 4.96. The summed E-state index contributed by atoms with van der Waals surface area (Å²) >= 11 is 0. The highest BCUT2D eigenvalue weighted by Crippen LogP contribution is 2.47. The SMILES string of the molecule is COc1cc(OC)c2cc(C(=O)N(C)C(C3CC3)C3CC3)[nH]c2c1OC. The Labute approximate surface area is 153 Å². The van der Waals surface area contributed by atoms with E-state index >= 15 is 0 Å². The molecule has 0 atom stereocenters. The van der Waals surface area contributed by atoms with Crippen LogP contribution in [0.15, 0.2) is 12.1 Å². The van der Waals surface area contributed by atoms with Crippen molar-refractivity contribution in [2.24, 2.45) is 11.8 Å². The molecule has 1 N–H and O–H groups in total. The van der Waals surface area contributed by atoms with E-state index in [0.717, 1.165) is 10.9 Å². The van der Waals surface area contributed by atoms with Gasteiger partial charge in [0.2, 0.25) is 0 Å². The van der Waals surface area contributed by atoms with Crippen molar-refractivity contribution in [1.29, 1.82) is 0 Å². The number of carbonyl (C=O) groups is 1. The Balaban J connectivity index is 1.73. The number of benzene rings is 1. The number of fused-ring (bicyclic) bond motifs is 1. The molecule has 2 aliphatic rings. The lowest BCUT2D eigenvalue weighted by molar-refractivity contribution is 0.0685. The fourth-order valence-corrected chi connectivity index (χ4v) is 4.07. The summed E-state index contributed by atoms with van der Waals surface area (Å²) < 4.78 is 16.4. The van der Waals surface area contributed by atoms with Crippen molar-refractivity contribution in [2.75, 3.05) is 28.4 Å². The van der Waals surface area contributed by atoms with Gasteiger partial charge in [-0.15, -0.1) is 0 Å². The number of methoxy groups -OCH3 is 3. The van der Waals surface area contributed by atoms with Crippen LogP contribution in [0.2, 0.25) is 0 Å². The molecule has 0 aliphatic heterocycles. The number of rotatable bonds is 7. The zero-order valence-electron chi connectivity index (χ0n) is 15.8. The second-order valence-corrected chi connectivity index (χ2v) is 7.37. The average Bonchev–Trinajstić information content (AvgIpc) is 3.59. The number of hydrogen-bond acceptors (Lipinski definition) is 4. The molecule has 4 rings (SSSR count). The number of hydrogen-bond donors (Lipinski definition) is 1. The highest BCUT2D eigenvalue weighted by atomic mass is 16.5. The van der Waals surface area contributed by atoms with Crippen LogP contribution in [0.4, 0.5) is 0 Å². The quantitative estimate of drug-likeness (QED) is 0.823. The maximum Gasteiger partial charge on any atom is 0.270 e. The molecule has 140 valence electrons. The van der Waals surface area contributed by atoms with E-state index in [1.54, 1.807) is 27.4 Å². The van der Waals surface area contributed by atoms with Crippen molar-refractivity contribution in [3.05, 3.63) is 17.8 Å². The van der Waals surface area contributed by atoms with Crippen molar-refractivity contribution >= 4 is 16.8 Å². The zero-order chi connectivity index (χ0) is 18.4. The molecule has 0 saturated heterocycles. The summed E-state index contributed by atoms with van der Waals surface area (Å²) in [5, 5.41) is 0.816. The molecular weight excluding hydrogens is 332 g/mol. The summed E-state index contributed by atoms with van der Waals surface area (Å²) in [6, 6.07) is 4.00. The van der Waals surface area contributed by atoms with Gasteiger partial charge < -0.3 is 24.1 Å². The average molecular weight is 358 g/mol. The van der Waals surface area contributed by atoms with Gasteiger partial charge in [0.1, 0.15) is 11.4 Å². The summed E-state index contributed by atoms with van der Waals surface area (Å²) in [6.45, 7) is 0. The monoisotopic (exact) mass is 358 g/mol. The molecule has 0 spiro atoms. The first-order chi connectivity index (χ1) is 12.6. The maximum absolute atomic E-state index is 13.2. The van der Waals surface area contributed by atoms with Gasteiger partial charge in [-0.05, 0) is 43.6 Å². The number of H-pyrrole nitrogens is 1. The van der Waals surface area contributed by atoms with E-state index in [2.05, 4.69) is 4.98 Å². The lowest BCUT2D eigenvalue weighted by Gasteiger charge is -2.28. The molecule has 6 heteroatoms. The van der Waals surface area contributed by atoms with Crippen molar-refractivity contribution in [3.63, 3.8) is 0 Å². The first-order valence-electron chi connectivity index (χ1n) is 9.17. The Hall–Kier alpha value is -2.37. The predicted octanol–water partition coefficient (Wildman–Crippen LogP) is 3.45. The van der Waals surface area contributed by atoms with Crippen molar-refractivity contribution < 1.29 is 19.0 Å². The van der Waals surface area contributed by atoms with Gasteiger partial charge in [-0.1, -0.05) is 0 Å². The Morgan fingerprint density at radius 1 is 1.04 bits per heavy atom. The minimum Gasteiger partial charge on any atom is -0.496 e. The summed E-state index contributed by atoms with van der Waals surface area (Å²) in [7, 11) is 6.72. The number of ether oxygens (including phenoxy) is 3. The van der Waals surface area contributed by atoms with Crippen LogP contribution in [0, 0.1) is 11.8 Å². The molecule has 1 aromatic carbocycles. The van der Waals surface area contributed by atoms with Crippen LogP contribution in [0.25, 0.3) is 10.9 Å². The number of aromatic nitrogens is 1. The minimum absolute atomic E-state index is 0.0214. The van der Waals surface area contributed by atoms with Crippen LogP contribution < -0.4 is 14.2 Å². The van der Waals surface area contributed by atoms with E-state index in [1.165, 1.54) is 25.7 Å². The Kier molecular flexibility index (Phi) is 4.21. The van der Waals surface area contributed by atoms with Crippen LogP contribution in [-0.2, 0) is 0 Å². The molecule has 2 aliphatic carbocycles. The molecule has 1 heterocycles. The number of aromatic amines is 1. The summed E-state index contributed by atoms with van der Waals surface area (Å²) in [4.78, 5) is 18.3. The maximum atomic E-state index is 13.2. The van der Waals surface area contributed by atoms with Gasteiger partial charge >= 0.3 is 0 Å². The minimum atomic E-state index is 0.0214. The third-order valence-corrected chi connectivity index (χ3v) is 5.65. The molecule has 0 radical (unpaired) electrons. The highest BCUT2D eigenvalue weighted by molar-refractivity contribution is 6.02. The summed E-state index contributed by atoms with van der Waals surface area (Å²) in [5.74, 6) is 3.16. The van der Waals surface area contributed by atoms with Crippen LogP contribution in [0.5, 0.6) is 17.2 Å². The van der Waals surface area contributed by atoms with Gasteiger partial charge in [0.15, 0.2) is 11.5 Å². The normalized spacial score (nSPS) is 16.8. The van der Waals surface area contributed by atoms with Gasteiger partial charge in [0, 0.05) is 24.5 Å². The second kappa shape index (κ2) is 6.41. The third kappa shape index (κ3) is 2.77. The van der Waals surface area contributed by atoms with Crippen molar-refractivity contribution in [2.45, 2.75) is 31.7 Å². The first-order valence-corrected chi connectivity index (χ1v) is 9.17. The smallest absolute Gasteiger partial charge is 0.270 e. The lowest BCUT2D eigenvalue weighted by Crippen LogP contribution is -2.40. The second-order valence-electron chi connectivity index (χ2n) is 7.37. The van der Waals surface area contributed by atoms with Gasteiger partial charge in [-0.2, -0.15) is 0 Å². The molecule has 26 heavy (non-hydrogen) atoms. The molecule has 2 fully saturated rings.